The third kappa shape index (κ3) is 5.31. The summed E-state index contributed by atoms with van der Waals surface area (Å²) in [4.78, 5) is 3.96. The van der Waals surface area contributed by atoms with E-state index in [4.69, 9.17) is 28.6 Å². The van der Waals surface area contributed by atoms with Crippen molar-refractivity contribution < 1.29 is 9.64 Å². The summed E-state index contributed by atoms with van der Waals surface area (Å²) in [6.07, 6.45) is 2.31. The van der Waals surface area contributed by atoms with Crippen molar-refractivity contribution in [1.29, 1.82) is 0 Å². The smallest absolute Gasteiger partial charge is 0.173 e. The first-order chi connectivity index (χ1) is 11.5. The number of para-hydroxylation sites is 1. The molecule has 6 heteroatoms. The van der Waals surface area contributed by atoms with E-state index in [0.717, 1.165) is 30.2 Å². The highest BCUT2D eigenvalue weighted by molar-refractivity contribution is 7.80. The first-order valence-electron chi connectivity index (χ1n) is 8.68. The Morgan fingerprint density at radius 3 is 2.62 bits per heavy atom. The summed E-state index contributed by atoms with van der Waals surface area (Å²) < 4.78 is 5.29. The molecule has 24 heavy (non-hydrogen) atoms. The van der Waals surface area contributed by atoms with E-state index < -0.39 is 0 Å². The molecule has 1 heterocycles. The van der Waals surface area contributed by atoms with Gasteiger partial charge in [0, 0.05) is 32.5 Å². The lowest BCUT2D eigenvalue weighted by molar-refractivity contribution is -0.926. The molecule has 0 unspecified atom stereocenters. The lowest BCUT2D eigenvalue weighted by Gasteiger charge is -2.39. The van der Waals surface area contributed by atoms with Crippen LogP contribution in [-0.4, -0.2) is 55.4 Å². The minimum absolute atomic E-state index is 0.463. The van der Waals surface area contributed by atoms with Crippen LogP contribution in [0, 0.1) is 0 Å². The van der Waals surface area contributed by atoms with Crippen molar-refractivity contribution in [2.24, 2.45) is 0 Å². The number of hydrogen-bond acceptors (Lipinski definition) is 2. The highest BCUT2D eigenvalue weighted by Gasteiger charge is 2.29. The van der Waals surface area contributed by atoms with Crippen LogP contribution in [0.3, 0.4) is 0 Å². The van der Waals surface area contributed by atoms with E-state index in [0.29, 0.717) is 23.7 Å². The second-order valence-electron chi connectivity index (χ2n) is 6.64. The zero-order chi connectivity index (χ0) is 17.5. The molecule has 1 aromatic rings. The summed E-state index contributed by atoms with van der Waals surface area (Å²) in [5.41, 5.74) is 0.858. The highest BCUT2D eigenvalue weighted by Crippen LogP contribution is 2.22. The molecule has 0 radical (unpaired) electrons. The third-order valence-corrected chi connectivity index (χ3v) is 5.43. The van der Waals surface area contributed by atoms with E-state index >= 15 is 0 Å². The van der Waals surface area contributed by atoms with Crippen molar-refractivity contribution in [3.8, 4) is 0 Å². The standard InChI is InChI=1S/C18H28ClN3OS/c1-14(2)21-10-8-15(9-11-21)22(12-13-23-3)18(24)20-17-7-5-4-6-16(17)19/h4-7,14-15H,8-13H2,1-3H3,(H,20,24)/p+1. The SMILES string of the molecule is COCCN(C(=S)Nc1ccccc1Cl)C1CC[NH+](C(C)C)CC1. The second kappa shape index (κ2) is 9.56. The van der Waals surface area contributed by atoms with E-state index in [1.807, 2.05) is 24.3 Å². The number of piperidine rings is 1. The number of nitrogens with one attached hydrogen (secondary N) is 2. The molecule has 2 N–H and O–H groups in total. The summed E-state index contributed by atoms with van der Waals surface area (Å²) in [5.74, 6) is 0. The molecule has 134 valence electrons. The maximum Gasteiger partial charge on any atom is 0.173 e. The van der Waals surface area contributed by atoms with Crippen LogP contribution >= 0.6 is 23.8 Å². The number of benzene rings is 1. The van der Waals surface area contributed by atoms with Crippen LogP contribution < -0.4 is 10.2 Å². The molecule has 0 aromatic heterocycles. The average molecular weight is 371 g/mol. The molecule has 4 nitrogen and oxygen atoms in total. The number of ether oxygens (including phenoxy) is 1. The van der Waals surface area contributed by atoms with Gasteiger partial charge in [0.05, 0.1) is 36.4 Å². The molecule has 1 saturated heterocycles. The molecular weight excluding hydrogens is 342 g/mol. The minimum atomic E-state index is 0.463. The summed E-state index contributed by atoms with van der Waals surface area (Å²) in [6, 6.07) is 8.85. The fraction of sp³-hybridized carbons (Fsp3) is 0.611. The molecule has 1 fully saturated rings. The van der Waals surface area contributed by atoms with E-state index in [1.54, 1.807) is 12.0 Å². The van der Waals surface area contributed by atoms with Crippen LogP contribution in [0.15, 0.2) is 24.3 Å². The predicted octanol–water partition coefficient (Wildman–Crippen LogP) is 2.44. The molecule has 1 aliphatic heterocycles. The monoisotopic (exact) mass is 370 g/mol. The summed E-state index contributed by atoms with van der Waals surface area (Å²) in [6.45, 7) is 8.45. The molecule has 0 saturated carbocycles. The Balaban J connectivity index is 2.02. The number of thiocarbonyl (C=S) groups is 1. The van der Waals surface area contributed by atoms with Gasteiger partial charge >= 0.3 is 0 Å². The molecular formula is C18H29ClN3OS+. The Labute approximate surface area is 156 Å². The molecule has 0 spiro atoms. The number of quaternary nitrogens is 1. The molecule has 0 amide bonds. The third-order valence-electron chi connectivity index (χ3n) is 4.77. The topological polar surface area (TPSA) is 28.9 Å². The van der Waals surface area contributed by atoms with Gasteiger partial charge in [0.25, 0.3) is 0 Å². The van der Waals surface area contributed by atoms with Crippen molar-refractivity contribution in [2.45, 2.75) is 38.8 Å². The first kappa shape index (κ1) is 19.4. The van der Waals surface area contributed by atoms with Gasteiger partial charge in [0.1, 0.15) is 0 Å². The summed E-state index contributed by atoms with van der Waals surface area (Å²) >= 11 is 11.9. The lowest BCUT2D eigenvalue weighted by atomic mass is 10.0. The summed E-state index contributed by atoms with van der Waals surface area (Å²) in [7, 11) is 1.73. The zero-order valence-corrected chi connectivity index (χ0v) is 16.4. The average Bonchev–Trinajstić information content (AvgIpc) is 2.58. The Morgan fingerprint density at radius 1 is 1.38 bits per heavy atom. The van der Waals surface area contributed by atoms with E-state index in [1.165, 1.54) is 13.1 Å². The Kier molecular flexibility index (Phi) is 7.75. The van der Waals surface area contributed by atoms with E-state index in [-0.39, 0.29) is 0 Å². The van der Waals surface area contributed by atoms with Gasteiger partial charge in [-0.2, -0.15) is 0 Å². The van der Waals surface area contributed by atoms with Gasteiger partial charge in [0.15, 0.2) is 5.11 Å². The Hall–Kier alpha value is -0.880. The van der Waals surface area contributed by atoms with Crippen molar-refractivity contribution >= 4 is 34.6 Å². The van der Waals surface area contributed by atoms with Crippen LogP contribution in [0.25, 0.3) is 0 Å². The van der Waals surface area contributed by atoms with E-state index in [9.17, 15) is 0 Å². The van der Waals surface area contributed by atoms with Gasteiger partial charge in [-0.25, -0.2) is 0 Å². The molecule has 1 aromatic carbocycles. The molecule has 0 bridgehead atoms. The van der Waals surface area contributed by atoms with Gasteiger partial charge in [-0.15, -0.1) is 0 Å². The van der Waals surface area contributed by atoms with Gasteiger partial charge in [-0.05, 0) is 38.2 Å². The van der Waals surface area contributed by atoms with Crippen molar-refractivity contribution in [1.82, 2.24) is 4.90 Å². The number of likely N-dealkylation sites (tertiary alicyclic amines) is 1. The number of methoxy groups -OCH3 is 1. The van der Waals surface area contributed by atoms with Crippen LogP contribution in [-0.2, 0) is 4.74 Å². The number of anilines is 1. The van der Waals surface area contributed by atoms with Gasteiger partial charge < -0.3 is 19.9 Å². The predicted molar refractivity (Wildman–Crippen MR) is 105 cm³/mol. The highest BCUT2D eigenvalue weighted by atomic mass is 35.5. The van der Waals surface area contributed by atoms with Gasteiger partial charge in [-0.3, -0.25) is 0 Å². The molecule has 1 aliphatic rings. The quantitative estimate of drug-likeness (QED) is 0.752. The van der Waals surface area contributed by atoms with Crippen LogP contribution in [0.2, 0.25) is 5.02 Å². The normalized spacial score (nSPS) is 20.9. The molecule has 0 atom stereocenters. The van der Waals surface area contributed by atoms with Gasteiger partial charge in [0.2, 0.25) is 0 Å². The fourth-order valence-corrected chi connectivity index (χ4v) is 3.78. The van der Waals surface area contributed by atoms with Crippen molar-refractivity contribution in [2.75, 3.05) is 38.7 Å². The largest absolute Gasteiger partial charge is 0.383 e. The van der Waals surface area contributed by atoms with Crippen LogP contribution in [0.5, 0.6) is 0 Å². The second-order valence-corrected chi connectivity index (χ2v) is 7.43. The minimum Gasteiger partial charge on any atom is -0.383 e. The number of halogens is 1. The van der Waals surface area contributed by atoms with Gasteiger partial charge in [-0.1, -0.05) is 23.7 Å². The van der Waals surface area contributed by atoms with E-state index in [2.05, 4.69) is 24.1 Å². The molecule has 2 rings (SSSR count). The van der Waals surface area contributed by atoms with Crippen LogP contribution in [0.4, 0.5) is 5.69 Å². The maximum absolute atomic E-state index is 6.25. The molecule has 0 aliphatic carbocycles. The fourth-order valence-electron chi connectivity index (χ4n) is 3.25. The maximum atomic E-state index is 6.25. The first-order valence-corrected chi connectivity index (χ1v) is 9.47. The number of hydrogen-bond donors (Lipinski definition) is 2. The van der Waals surface area contributed by atoms with Crippen molar-refractivity contribution in [3.63, 3.8) is 0 Å². The van der Waals surface area contributed by atoms with Crippen LogP contribution in [0.1, 0.15) is 26.7 Å². The van der Waals surface area contributed by atoms with Crippen molar-refractivity contribution in [3.05, 3.63) is 29.3 Å². The Morgan fingerprint density at radius 2 is 2.04 bits per heavy atom. The Bertz CT molecular complexity index is 533. The number of nitrogens with zero attached hydrogens (tertiary/aromatic N) is 1. The zero-order valence-electron chi connectivity index (χ0n) is 14.8. The summed E-state index contributed by atoms with van der Waals surface area (Å²) in [5, 5.41) is 4.73. The lowest BCUT2D eigenvalue weighted by Crippen LogP contribution is -3.16. The number of rotatable bonds is 6.